The van der Waals surface area contributed by atoms with E-state index < -0.39 is 0 Å². The number of nitrogens with zero attached hydrogens (tertiary/aromatic N) is 3. The van der Waals surface area contributed by atoms with Gasteiger partial charge in [0, 0.05) is 98.6 Å². The maximum absolute atomic E-state index is 6.71. The highest BCUT2D eigenvalue weighted by atomic mass is 16.3. The van der Waals surface area contributed by atoms with E-state index in [4.69, 9.17) is 13.3 Å². The van der Waals surface area contributed by atoms with Crippen molar-refractivity contribution in [2.45, 2.75) is 0 Å². The number of furan rings is 3. The first kappa shape index (κ1) is 86.4. The summed E-state index contributed by atoms with van der Waals surface area (Å²) in [7, 11) is 0. The molecule has 3 heterocycles. The Hall–Kier alpha value is -19.1. The van der Waals surface area contributed by atoms with Crippen molar-refractivity contribution in [3.05, 3.63) is 564 Å². The Labute approximate surface area is 835 Å². The van der Waals surface area contributed by atoms with Crippen LogP contribution in [0.25, 0.3) is 198 Å². The highest BCUT2D eigenvalue weighted by Gasteiger charge is 2.29. The van der Waals surface area contributed by atoms with Gasteiger partial charge in [0.2, 0.25) is 0 Å². The molecule has 0 bridgehead atoms. The fraction of sp³-hybridized carbons (Fsp3) is 0. The first-order valence-corrected chi connectivity index (χ1v) is 49.1. The molecular weight excluding hydrogens is 1750 g/mol. The van der Waals surface area contributed by atoms with Crippen LogP contribution in [0.3, 0.4) is 0 Å². The second-order valence-corrected chi connectivity index (χ2v) is 36.4. The van der Waals surface area contributed by atoms with Crippen molar-refractivity contribution >= 4 is 149 Å². The molecule has 0 fully saturated rings. The average Bonchev–Trinajstić information content (AvgIpc) is 1.53. The highest BCUT2D eigenvalue weighted by molar-refractivity contribution is 6.26. The third kappa shape index (κ3) is 16.5. The minimum atomic E-state index is 0.886. The number of fused-ring (bicyclic) bond motifs is 15. The molecule has 6 heteroatoms. The highest BCUT2D eigenvalue weighted by Crippen LogP contribution is 2.53. The second kappa shape index (κ2) is 38.3. The van der Waals surface area contributed by atoms with Gasteiger partial charge in [-0.3, -0.25) is 0 Å². The van der Waals surface area contributed by atoms with Gasteiger partial charge >= 0.3 is 0 Å². The van der Waals surface area contributed by atoms with E-state index in [0.29, 0.717) is 0 Å². The van der Waals surface area contributed by atoms with E-state index >= 15 is 0 Å². The number of hydrogen-bond acceptors (Lipinski definition) is 6. The maximum atomic E-state index is 6.71. The van der Waals surface area contributed by atoms with Gasteiger partial charge in [-0.15, -0.1) is 0 Å². The Bertz CT molecular complexity index is 9230. The summed E-state index contributed by atoms with van der Waals surface area (Å²) in [4.78, 5) is 7.20. The first-order chi connectivity index (χ1) is 71.5. The molecule has 6 nitrogen and oxygen atoms in total. The van der Waals surface area contributed by atoms with Crippen LogP contribution in [0.4, 0.5) is 51.2 Å². The van der Waals surface area contributed by atoms with E-state index in [1.807, 2.05) is 0 Å². The van der Waals surface area contributed by atoms with Gasteiger partial charge in [0.15, 0.2) is 0 Å². The smallest absolute Gasteiger partial charge is 0.143 e. The zero-order chi connectivity index (χ0) is 95.6. The van der Waals surface area contributed by atoms with E-state index in [9.17, 15) is 0 Å². The predicted molar refractivity (Wildman–Crippen MR) is 607 cm³/mol. The SMILES string of the molecule is c1ccc(-c2ccc(N(c3ccc(-c4ccccc4)cc3)c3cc4c(oc5cccc(-c6ccccc6)c54)c4ccccc34)cc2)cc1.c1ccc(-c2ccc(N(c3cccc(-c4ccccc4)c3)c3cc4c(oc5cccc(-c6ccccc6)c54)c4ccccc34)cc2)cc1.c1ccc(-c2ccc(N(c3ccccc3-c3ccccc3)c3cc4c(oc5cccc(-c6ccccc6)c54)c4ccccc34)cc2)cc1. The van der Waals surface area contributed by atoms with Crippen LogP contribution in [0.1, 0.15) is 0 Å². The lowest BCUT2D eigenvalue weighted by atomic mass is 9.96. The van der Waals surface area contributed by atoms with Crippen LogP contribution in [-0.4, -0.2) is 0 Å². The summed E-state index contributed by atoms with van der Waals surface area (Å²) < 4.78 is 20.1. The first-order valence-electron chi connectivity index (χ1n) is 49.1. The van der Waals surface area contributed by atoms with Gasteiger partial charge in [-0.05, 0) is 198 Å². The quantitative estimate of drug-likeness (QED) is 0.0853. The molecule has 0 N–H and O–H groups in total. The van der Waals surface area contributed by atoms with Crippen molar-refractivity contribution in [2.75, 3.05) is 14.7 Å². The standard InChI is InChI=1S/3C46H31NO/c1-4-14-32(15-5-1)34-26-28-37(29-27-34)47(38-21-12-20-36(30-38)33-16-6-2-7-17-33)43-31-42-45-39(35-18-8-3-9-19-35)24-13-25-44(45)48-46(42)41-23-11-10-22-40(41)43;1-4-15-32(16-5-1)33-27-29-36(30-28-33)47(42-25-13-12-21-37(42)34-17-6-2-7-18-34)43-31-41-45-38(35-19-8-3-9-20-35)24-14-26-44(45)48-46(41)40-23-11-10-22-39(40)43;1-4-13-32(14-5-1)34-23-27-37(28-24-34)47(38-29-25-35(26-30-38)33-15-6-2-7-16-33)43-31-42-45-39(36-17-8-3-9-18-36)21-12-22-44(45)48-46(42)41-20-11-10-19-40(41)43/h3*1-31H. The zero-order valence-corrected chi connectivity index (χ0v) is 78.8. The molecule has 0 amide bonds. The summed E-state index contributed by atoms with van der Waals surface area (Å²) in [6, 6.07) is 200. The molecule has 0 saturated carbocycles. The molecule has 0 aliphatic rings. The van der Waals surface area contributed by atoms with Crippen LogP contribution in [0.5, 0.6) is 0 Å². The molecule has 0 atom stereocenters. The minimum absolute atomic E-state index is 0.886. The summed E-state index contributed by atoms with van der Waals surface area (Å²) in [6.45, 7) is 0. The lowest BCUT2D eigenvalue weighted by Crippen LogP contribution is -2.12. The lowest BCUT2D eigenvalue weighted by molar-refractivity contribution is 0.672. The largest absolute Gasteiger partial charge is 0.455 e. The van der Waals surface area contributed by atoms with E-state index in [-0.39, 0.29) is 0 Å². The van der Waals surface area contributed by atoms with Crippen molar-refractivity contribution in [3.63, 3.8) is 0 Å². The van der Waals surface area contributed by atoms with Crippen LogP contribution in [0.2, 0.25) is 0 Å². The van der Waals surface area contributed by atoms with Gasteiger partial charge in [-0.1, -0.05) is 461 Å². The van der Waals surface area contributed by atoms with E-state index in [0.717, 1.165) is 166 Å². The van der Waals surface area contributed by atoms with Gasteiger partial charge in [0.05, 0.1) is 22.7 Å². The van der Waals surface area contributed by atoms with Gasteiger partial charge in [0.25, 0.3) is 0 Å². The summed E-state index contributed by atoms with van der Waals surface area (Å²) in [5, 5.41) is 13.3. The fourth-order valence-corrected chi connectivity index (χ4v) is 21.0. The van der Waals surface area contributed by atoms with E-state index in [1.54, 1.807) is 0 Å². The van der Waals surface area contributed by atoms with Crippen molar-refractivity contribution in [2.24, 2.45) is 0 Å². The Morgan fingerprint density at radius 2 is 0.333 bits per heavy atom. The van der Waals surface area contributed by atoms with E-state index in [2.05, 4.69) is 579 Å². The van der Waals surface area contributed by atoms with Gasteiger partial charge in [0.1, 0.15) is 33.5 Å². The van der Waals surface area contributed by atoms with Crippen LogP contribution in [0, 0.1) is 0 Å². The second-order valence-electron chi connectivity index (χ2n) is 36.4. The molecular formula is C138H93N3O3. The molecule has 678 valence electrons. The van der Waals surface area contributed by atoms with Crippen molar-refractivity contribution < 1.29 is 13.3 Å². The van der Waals surface area contributed by atoms with Crippen LogP contribution in [-0.2, 0) is 0 Å². The Morgan fingerprint density at radius 3 is 0.646 bits per heavy atom. The molecule has 0 aliphatic carbocycles. The maximum Gasteiger partial charge on any atom is 0.143 e. The molecule has 0 saturated heterocycles. The van der Waals surface area contributed by atoms with Crippen molar-refractivity contribution in [3.8, 4) is 100 Å². The lowest BCUT2D eigenvalue weighted by Gasteiger charge is -2.29. The summed E-state index contributed by atoms with van der Waals surface area (Å²) >= 11 is 0. The molecule has 24 aromatic carbocycles. The third-order valence-corrected chi connectivity index (χ3v) is 27.8. The van der Waals surface area contributed by atoms with Crippen LogP contribution >= 0.6 is 0 Å². The molecule has 27 rings (SSSR count). The summed E-state index contributed by atoms with van der Waals surface area (Å²) in [6.07, 6.45) is 0. The fourth-order valence-electron chi connectivity index (χ4n) is 21.0. The van der Waals surface area contributed by atoms with Crippen molar-refractivity contribution in [1.29, 1.82) is 0 Å². The molecule has 0 aliphatic heterocycles. The number of benzene rings is 24. The normalized spacial score (nSPS) is 11.3. The Balaban J connectivity index is 0.000000113. The number of para-hydroxylation sites is 1. The zero-order valence-electron chi connectivity index (χ0n) is 78.8. The predicted octanol–water partition coefficient (Wildman–Crippen LogP) is 39.6. The number of rotatable bonds is 18. The monoisotopic (exact) mass is 1840 g/mol. The third-order valence-electron chi connectivity index (χ3n) is 27.8. The summed E-state index contributed by atoms with van der Waals surface area (Å²) in [5.74, 6) is 0. The minimum Gasteiger partial charge on any atom is -0.455 e. The number of hydrogen-bond donors (Lipinski definition) is 0. The van der Waals surface area contributed by atoms with E-state index in [1.165, 1.54) is 83.5 Å². The van der Waals surface area contributed by atoms with Crippen LogP contribution < -0.4 is 14.7 Å². The van der Waals surface area contributed by atoms with Gasteiger partial charge in [-0.25, -0.2) is 0 Å². The molecule has 0 radical (unpaired) electrons. The molecule has 27 aromatic rings. The average molecular weight is 1840 g/mol. The topological polar surface area (TPSA) is 49.1 Å². The number of anilines is 9. The van der Waals surface area contributed by atoms with Crippen molar-refractivity contribution in [1.82, 2.24) is 0 Å². The van der Waals surface area contributed by atoms with Gasteiger partial charge < -0.3 is 28.0 Å². The Morgan fingerprint density at radius 1 is 0.118 bits per heavy atom. The van der Waals surface area contributed by atoms with Crippen LogP contribution in [0.15, 0.2) is 577 Å². The Kier molecular flexibility index (Phi) is 23.0. The molecule has 0 unspecified atom stereocenters. The van der Waals surface area contributed by atoms with Gasteiger partial charge in [-0.2, -0.15) is 0 Å². The molecule has 144 heavy (non-hydrogen) atoms. The molecule has 3 aromatic heterocycles. The summed E-state index contributed by atoms with van der Waals surface area (Å²) in [5.41, 5.74) is 36.5. The molecule has 0 spiro atoms.